The van der Waals surface area contributed by atoms with Crippen LogP contribution in [-0.4, -0.2) is 0 Å². The summed E-state index contributed by atoms with van der Waals surface area (Å²) in [6.45, 7) is 13.9. The van der Waals surface area contributed by atoms with Crippen LogP contribution in [0.3, 0.4) is 0 Å². The van der Waals surface area contributed by atoms with E-state index in [2.05, 4.69) is 47.5 Å². The molecule has 1 rings (SSSR count). The largest absolute Gasteiger partial charge is 0.120 e. The van der Waals surface area contributed by atoms with Crippen LogP contribution in [0.15, 0.2) is 0 Å². The zero-order valence-corrected chi connectivity index (χ0v) is 12.6. The van der Waals surface area contributed by atoms with Crippen LogP contribution >= 0.6 is 0 Å². The van der Waals surface area contributed by atoms with Crippen molar-refractivity contribution in [2.24, 2.45) is 28.6 Å². The summed E-state index contributed by atoms with van der Waals surface area (Å²) >= 11 is 0. The maximum atomic E-state index is 5.59. The van der Waals surface area contributed by atoms with E-state index < -0.39 is 0 Å². The second kappa shape index (κ2) is 5.05. The summed E-state index contributed by atoms with van der Waals surface area (Å²) in [4.78, 5) is 0. The molecule has 1 aliphatic rings. The molecule has 0 radical (unpaired) electrons. The van der Waals surface area contributed by atoms with Gasteiger partial charge in [-0.05, 0) is 56.3 Å². The minimum absolute atomic E-state index is 0.0733. The summed E-state index contributed by atoms with van der Waals surface area (Å²) in [6, 6.07) is 0. The van der Waals surface area contributed by atoms with E-state index in [1.165, 1.54) is 25.7 Å². The Balaban J connectivity index is 2.60. The first-order valence-electron chi connectivity index (χ1n) is 7.26. The second-order valence-corrected chi connectivity index (χ2v) is 7.20. The highest BCUT2D eigenvalue weighted by atomic mass is 14.6. The molecule has 0 aromatic heterocycles. The van der Waals surface area contributed by atoms with E-state index in [1.807, 2.05) is 0 Å². The molecule has 17 heavy (non-hydrogen) atoms. The smallest absolute Gasteiger partial charge is 0.0256 e. The van der Waals surface area contributed by atoms with Crippen LogP contribution in [0.4, 0.5) is 0 Å². The molecule has 0 bridgehead atoms. The van der Waals surface area contributed by atoms with E-state index in [9.17, 15) is 0 Å². The first-order valence-corrected chi connectivity index (χ1v) is 7.26. The minimum atomic E-state index is 0.0733. The average molecular weight is 234 g/mol. The Bertz CT molecular complexity index is 292. The third-order valence-electron chi connectivity index (χ3n) is 4.93. The van der Waals surface area contributed by atoms with Crippen molar-refractivity contribution in [2.75, 3.05) is 0 Å². The van der Waals surface area contributed by atoms with Crippen LogP contribution in [0.25, 0.3) is 0 Å². The van der Waals surface area contributed by atoms with Gasteiger partial charge in [0.15, 0.2) is 0 Å². The molecule has 98 valence electrons. The lowest BCUT2D eigenvalue weighted by Gasteiger charge is -2.21. The van der Waals surface area contributed by atoms with Gasteiger partial charge in [0.05, 0.1) is 0 Å². The Labute approximate surface area is 109 Å². The van der Waals surface area contributed by atoms with E-state index in [1.54, 1.807) is 0 Å². The Morgan fingerprint density at radius 1 is 1.35 bits per heavy atom. The van der Waals surface area contributed by atoms with Crippen molar-refractivity contribution in [1.82, 2.24) is 0 Å². The third-order valence-corrected chi connectivity index (χ3v) is 4.93. The Morgan fingerprint density at radius 3 is 2.35 bits per heavy atom. The highest BCUT2D eigenvalue weighted by Crippen LogP contribution is 2.66. The molecule has 3 atom stereocenters. The van der Waals surface area contributed by atoms with E-state index in [0.717, 1.165) is 17.8 Å². The number of hydrogen-bond donors (Lipinski definition) is 0. The van der Waals surface area contributed by atoms with Crippen LogP contribution in [0, 0.1) is 40.9 Å². The highest BCUT2D eigenvalue weighted by Gasteiger charge is 2.60. The monoisotopic (exact) mass is 234 g/mol. The molecule has 3 unspecified atom stereocenters. The molecule has 0 amide bonds. The summed E-state index contributed by atoms with van der Waals surface area (Å²) in [5, 5.41) is 0. The van der Waals surface area contributed by atoms with Gasteiger partial charge in [-0.1, -0.05) is 34.1 Å². The molecule has 0 N–H and O–H groups in total. The van der Waals surface area contributed by atoms with Crippen LogP contribution in [0.1, 0.15) is 67.2 Å². The summed E-state index contributed by atoms with van der Waals surface area (Å²) in [5.74, 6) is 5.63. The van der Waals surface area contributed by atoms with Crippen LogP contribution < -0.4 is 0 Å². The van der Waals surface area contributed by atoms with E-state index >= 15 is 0 Å². The Hall–Kier alpha value is -0.440. The molecule has 1 saturated carbocycles. The van der Waals surface area contributed by atoms with Crippen molar-refractivity contribution in [3.63, 3.8) is 0 Å². The molecular weight excluding hydrogens is 204 g/mol. The van der Waals surface area contributed by atoms with Gasteiger partial charge in [-0.15, -0.1) is 12.3 Å². The molecule has 1 aliphatic carbocycles. The Kier molecular flexibility index (Phi) is 4.34. The highest BCUT2D eigenvalue weighted by molar-refractivity contribution is 5.10. The summed E-state index contributed by atoms with van der Waals surface area (Å²) < 4.78 is 0. The number of terminal acetylenes is 1. The van der Waals surface area contributed by atoms with Gasteiger partial charge in [0.2, 0.25) is 0 Å². The fourth-order valence-electron chi connectivity index (χ4n) is 3.75. The molecule has 0 heteroatoms. The lowest BCUT2D eigenvalue weighted by atomic mass is 9.82. The fraction of sp³-hybridized carbons (Fsp3) is 0.882. The van der Waals surface area contributed by atoms with Gasteiger partial charge in [-0.3, -0.25) is 0 Å². The minimum Gasteiger partial charge on any atom is -0.120 e. The molecule has 0 saturated heterocycles. The SMILES string of the molecule is C#CC(C)(C)CCC1(C)C(CCC)C1C(C)C. The zero-order chi connectivity index (χ0) is 13.3. The molecule has 0 heterocycles. The predicted octanol–water partition coefficient (Wildman–Crippen LogP) is 5.13. The van der Waals surface area contributed by atoms with Gasteiger partial charge >= 0.3 is 0 Å². The number of rotatable bonds is 6. The molecule has 0 aliphatic heterocycles. The van der Waals surface area contributed by atoms with Crippen molar-refractivity contribution in [3.05, 3.63) is 0 Å². The van der Waals surface area contributed by atoms with Crippen molar-refractivity contribution >= 4 is 0 Å². The van der Waals surface area contributed by atoms with Gasteiger partial charge in [-0.25, -0.2) is 0 Å². The van der Waals surface area contributed by atoms with Crippen LogP contribution in [0.2, 0.25) is 0 Å². The van der Waals surface area contributed by atoms with Gasteiger partial charge in [-0.2, -0.15) is 0 Å². The predicted molar refractivity (Wildman–Crippen MR) is 76.7 cm³/mol. The van der Waals surface area contributed by atoms with Gasteiger partial charge < -0.3 is 0 Å². The van der Waals surface area contributed by atoms with Crippen molar-refractivity contribution in [3.8, 4) is 12.3 Å². The fourth-order valence-corrected chi connectivity index (χ4v) is 3.75. The molecule has 0 spiro atoms. The maximum absolute atomic E-state index is 5.59. The summed E-state index contributed by atoms with van der Waals surface area (Å²) in [6.07, 6.45) is 10.8. The van der Waals surface area contributed by atoms with Gasteiger partial charge in [0.1, 0.15) is 0 Å². The van der Waals surface area contributed by atoms with E-state index in [0.29, 0.717) is 5.41 Å². The van der Waals surface area contributed by atoms with E-state index in [-0.39, 0.29) is 5.41 Å². The first-order chi connectivity index (χ1) is 7.78. The Morgan fingerprint density at radius 2 is 1.94 bits per heavy atom. The molecule has 0 aromatic rings. The average Bonchev–Trinajstić information content (AvgIpc) is 2.83. The molecule has 1 fully saturated rings. The topological polar surface area (TPSA) is 0 Å². The molecule has 0 nitrogen and oxygen atoms in total. The normalized spacial score (nSPS) is 32.6. The summed E-state index contributed by atoms with van der Waals surface area (Å²) in [7, 11) is 0. The lowest BCUT2D eigenvalue weighted by molar-refractivity contribution is 0.324. The van der Waals surface area contributed by atoms with Crippen LogP contribution in [-0.2, 0) is 0 Å². The second-order valence-electron chi connectivity index (χ2n) is 7.20. The lowest BCUT2D eigenvalue weighted by Crippen LogP contribution is -2.12. The number of hydrogen-bond acceptors (Lipinski definition) is 0. The third kappa shape index (κ3) is 3.06. The van der Waals surface area contributed by atoms with E-state index in [4.69, 9.17) is 6.42 Å². The van der Waals surface area contributed by atoms with Gasteiger partial charge in [0, 0.05) is 5.41 Å². The van der Waals surface area contributed by atoms with Crippen molar-refractivity contribution in [2.45, 2.75) is 67.2 Å². The zero-order valence-electron chi connectivity index (χ0n) is 12.6. The molecular formula is C17H30. The van der Waals surface area contributed by atoms with Crippen molar-refractivity contribution < 1.29 is 0 Å². The van der Waals surface area contributed by atoms with Crippen LogP contribution in [0.5, 0.6) is 0 Å². The summed E-state index contributed by atoms with van der Waals surface area (Å²) in [5.41, 5.74) is 0.641. The first kappa shape index (κ1) is 14.6. The molecule has 0 aromatic carbocycles. The van der Waals surface area contributed by atoms with Crippen molar-refractivity contribution in [1.29, 1.82) is 0 Å². The van der Waals surface area contributed by atoms with Gasteiger partial charge in [0.25, 0.3) is 0 Å². The standard InChI is InChI=1S/C17H30/c1-8-10-14-15(13(3)4)17(14,7)12-11-16(5,6)9-2/h2,13-15H,8,10-12H2,1,3-7H3. The maximum Gasteiger partial charge on any atom is 0.0256 e. The quantitative estimate of drug-likeness (QED) is 0.559.